The Morgan fingerprint density at radius 1 is 1.28 bits per heavy atom. The van der Waals surface area contributed by atoms with Crippen molar-refractivity contribution in [3.8, 4) is 0 Å². The molecule has 2 aromatic rings. The van der Waals surface area contributed by atoms with Gasteiger partial charge in [-0.2, -0.15) is 17.9 Å². The molecular weight excluding hydrogens is 442 g/mol. The highest BCUT2D eigenvalue weighted by Crippen LogP contribution is 2.31. The Balaban J connectivity index is 2.38. The number of hydrogen-bond acceptors (Lipinski definition) is 4. The van der Waals surface area contributed by atoms with Gasteiger partial charge in [-0.05, 0) is 37.6 Å². The molecule has 1 unspecified atom stereocenters. The van der Waals surface area contributed by atoms with Gasteiger partial charge >= 0.3 is 6.18 Å². The van der Waals surface area contributed by atoms with Gasteiger partial charge in [0.15, 0.2) is 0 Å². The lowest BCUT2D eigenvalue weighted by atomic mass is 10.2. The van der Waals surface area contributed by atoms with Gasteiger partial charge in [-0.15, -0.1) is 0 Å². The van der Waals surface area contributed by atoms with Gasteiger partial charge in [0.25, 0.3) is 5.91 Å². The third-order valence-corrected chi connectivity index (χ3v) is 5.90. The Bertz CT molecular complexity index is 1060. The minimum atomic E-state index is -5.27. The van der Waals surface area contributed by atoms with Crippen LogP contribution in [0.5, 0.6) is 0 Å². The van der Waals surface area contributed by atoms with Crippen molar-refractivity contribution >= 4 is 33.2 Å². The maximum absolute atomic E-state index is 13.2. The van der Waals surface area contributed by atoms with Crippen molar-refractivity contribution in [3.05, 3.63) is 46.5 Å². The molecule has 1 aromatic heterocycles. The molecule has 0 radical (unpaired) electrons. The second kappa shape index (κ2) is 7.59. The molecule has 0 aliphatic heterocycles. The van der Waals surface area contributed by atoms with Crippen molar-refractivity contribution in [1.29, 1.82) is 0 Å². The number of rotatable bonds is 5. The molecule has 0 aliphatic carbocycles. The fourth-order valence-corrected chi connectivity index (χ4v) is 4.18. The number of amides is 1. The molecule has 1 heterocycles. The lowest BCUT2D eigenvalue weighted by Gasteiger charge is -2.26. The number of sulfonamides is 1. The van der Waals surface area contributed by atoms with E-state index in [1.54, 1.807) is 0 Å². The van der Waals surface area contributed by atoms with Crippen LogP contribution in [0.3, 0.4) is 0 Å². The van der Waals surface area contributed by atoms with E-state index in [9.17, 15) is 35.9 Å². The summed E-state index contributed by atoms with van der Waals surface area (Å²) in [6.07, 6.45) is -4.35. The quantitative estimate of drug-likeness (QED) is 0.474. The van der Waals surface area contributed by atoms with Gasteiger partial charge in [0.1, 0.15) is 16.4 Å². The minimum Gasteiger partial charge on any atom is -0.367 e. The number of halogens is 5. The minimum absolute atomic E-state index is 0.115. The second-order valence-electron chi connectivity index (χ2n) is 6.34. The van der Waals surface area contributed by atoms with E-state index in [1.165, 1.54) is 24.8 Å². The fraction of sp³-hybridized carbons (Fsp3) is 0.312. The highest BCUT2D eigenvalue weighted by atomic mass is 35.5. The first-order valence-corrected chi connectivity index (χ1v) is 9.68. The number of hydrogen-bond donors (Lipinski definition) is 3. The summed E-state index contributed by atoms with van der Waals surface area (Å²) < 4.78 is 78.7. The molecular formula is C16H16ClF4N3O4S. The maximum Gasteiger partial charge on any atom is 0.431 e. The van der Waals surface area contributed by atoms with E-state index in [-0.39, 0.29) is 28.9 Å². The van der Waals surface area contributed by atoms with Crippen LogP contribution < -0.4 is 10.0 Å². The summed E-state index contributed by atoms with van der Waals surface area (Å²) in [6.45, 7) is 1.46. The number of nitrogens with zero attached hydrogens (tertiary/aromatic N) is 1. The van der Waals surface area contributed by atoms with Crippen LogP contribution in [-0.2, 0) is 17.1 Å². The standard InChI is InChI=1S/C16H16ClF4N3O4S/c1-8-12(29(27,28)23-15(2,26)16(19,20)21)7-24(3)13(8)14(25)22-9-4-5-11(18)10(17)6-9/h4-7,23,26H,1-3H3,(H,22,25). The number of carbonyl (C=O) groups excluding carboxylic acids is 1. The predicted molar refractivity (Wildman–Crippen MR) is 96.5 cm³/mol. The SMILES string of the molecule is Cc1c(S(=O)(=O)NC(C)(O)C(F)(F)F)cn(C)c1C(=O)Nc1ccc(F)c(Cl)c1. The van der Waals surface area contributed by atoms with Crippen molar-refractivity contribution in [2.24, 2.45) is 7.05 Å². The third-order valence-electron chi connectivity index (χ3n) is 3.96. The Labute approximate surface area is 168 Å². The van der Waals surface area contributed by atoms with Gasteiger partial charge in [0, 0.05) is 18.9 Å². The van der Waals surface area contributed by atoms with Gasteiger partial charge in [0.2, 0.25) is 15.7 Å². The highest BCUT2D eigenvalue weighted by molar-refractivity contribution is 7.89. The molecule has 0 saturated carbocycles. The summed E-state index contributed by atoms with van der Waals surface area (Å²) in [5, 5.41) is 11.6. The average Bonchev–Trinajstić information content (AvgIpc) is 2.84. The van der Waals surface area contributed by atoms with Gasteiger partial charge in [0.05, 0.1) is 5.02 Å². The van der Waals surface area contributed by atoms with Crippen LogP contribution in [0, 0.1) is 12.7 Å². The molecule has 1 atom stereocenters. The second-order valence-corrected chi connectivity index (χ2v) is 8.39. The summed E-state index contributed by atoms with van der Waals surface area (Å²) in [7, 11) is -3.54. The topological polar surface area (TPSA) is 100 Å². The Hall–Kier alpha value is -2.15. The number of alkyl halides is 3. The third kappa shape index (κ3) is 4.71. The van der Waals surface area contributed by atoms with E-state index in [0.717, 1.165) is 22.9 Å². The molecule has 2 rings (SSSR count). The molecule has 0 spiro atoms. The first kappa shape index (κ1) is 23.1. The molecule has 13 heteroatoms. The van der Waals surface area contributed by atoms with Crippen LogP contribution in [0.2, 0.25) is 5.02 Å². The monoisotopic (exact) mass is 457 g/mol. The Morgan fingerprint density at radius 2 is 1.86 bits per heavy atom. The molecule has 7 nitrogen and oxygen atoms in total. The summed E-state index contributed by atoms with van der Waals surface area (Å²) in [5.74, 6) is -1.52. The molecule has 1 amide bonds. The summed E-state index contributed by atoms with van der Waals surface area (Å²) >= 11 is 5.63. The summed E-state index contributed by atoms with van der Waals surface area (Å²) in [4.78, 5) is 11.9. The Kier molecular flexibility index (Phi) is 6.06. The van der Waals surface area contributed by atoms with E-state index >= 15 is 0 Å². The molecule has 1 aromatic carbocycles. The lowest BCUT2D eigenvalue weighted by Crippen LogP contribution is -2.56. The van der Waals surface area contributed by atoms with Crippen LogP contribution in [-0.4, -0.2) is 35.9 Å². The summed E-state index contributed by atoms with van der Waals surface area (Å²) in [5.41, 5.74) is -3.95. The Morgan fingerprint density at radius 3 is 2.38 bits per heavy atom. The fourth-order valence-electron chi connectivity index (χ4n) is 2.46. The first-order chi connectivity index (χ1) is 13.1. The molecule has 3 N–H and O–H groups in total. The molecule has 29 heavy (non-hydrogen) atoms. The van der Waals surface area contributed by atoms with Crippen LogP contribution in [0.4, 0.5) is 23.2 Å². The van der Waals surface area contributed by atoms with Crippen molar-refractivity contribution in [3.63, 3.8) is 0 Å². The zero-order valence-electron chi connectivity index (χ0n) is 15.2. The zero-order chi connectivity index (χ0) is 22.4. The number of carbonyl (C=O) groups is 1. The van der Waals surface area contributed by atoms with Gasteiger partial charge < -0.3 is 15.0 Å². The number of benzene rings is 1. The van der Waals surface area contributed by atoms with E-state index in [1.807, 2.05) is 0 Å². The molecule has 0 aliphatic rings. The molecule has 0 fully saturated rings. The van der Waals surface area contributed by atoms with Crippen LogP contribution in [0.15, 0.2) is 29.3 Å². The molecule has 160 valence electrons. The van der Waals surface area contributed by atoms with Gasteiger partial charge in [-0.3, -0.25) is 4.79 Å². The van der Waals surface area contributed by atoms with Crippen molar-refractivity contribution in [2.45, 2.75) is 30.6 Å². The summed E-state index contributed by atoms with van der Waals surface area (Å²) in [6, 6.07) is 3.36. The number of aliphatic hydroxyl groups is 1. The average molecular weight is 458 g/mol. The lowest BCUT2D eigenvalue weighted by molar-refractivity contribution is -0.257. The van der Waals surface area contributed by atoms with Crippen molar-refractivity contribution in [2.75, 3.05) is 5.32 Å². The van der Waals surface area contributed by atoms with Crippen molar-refractivity contribution in [1.82, 2.24) is 9.29 Å². The smallest absolute Gasteiger partial charge is 0.367 e. The van der Waals surface area contributed by atoms with E-state index in [2.05, 4.69) is 5.32 Å². The molecule has 0 bridgehead atoms. The highest BCUT2D eigenvalue weighted by Gasteiger charge is 2.52. The zero-order valence-corrected chi connectivity index (χ0v) is 16.8. The maximum atomic E-state index is 13.2. The van der Waals surface area contributed by atoms with Crippen LogP contribution in [0.1, 0.15) is 23.0 Å². The first-order valence-electron chi connectivity index (χ1n) is 7.82. The van der Waals surface area contributed by atoms with Crippen LogP contribution >= 0.6 is 11.6 Å². The number of nitrogens with one attached hydrogen (secondary N) is 2. The predicted octanol–water partition coefficient (Wildman–Crippen LogP) is 2.93. The van der Waals surface area contributed by atoms with E-state index in [0.29, 0.717) is 0 Å². The van der Waals surface area contributed by atoms with Gasteiger partial charge in [-0.25, -0.2) is 12.8 Å². The normalized spacial score (nSPS) is 14.5. The number of anilines is 1. The van der Waals surface area contributed by atoms with E-state index in [4.69, 9.17) is 11.6 Å². The van der Waals surface area contributed by atoms with Gasteiger partial charge in [-0.1, -0.05) is 11.6 Å². The van der Waals surface area contributed by atoms with Crippen LogP contribution in [0.25, 0.3) is 0 Å². The largest absolute Gasteiger partial charge is 0.431 e. The number of aromatic nitrogens is 1. The van der Waals surface area contributed by atoms with Crippen molar-refractivity contribution < 1.29 is 35.9 Å². The number of aryl methyl sites for hydroxylation is 1. The van der Waals surface area contributed by atoms with E-state index < -0.39 is 38.5 Å². The molecule has 0 saturated heterocycles.